The molecule has 0 aromatic carbocycles. The van der Waals surface area contributed by atoms with Crippen molar-refractivity contribution in [2.24, 2.45) is 5.92 Å². The fourth-order valence-electron chi connectivity index (χ4n) is 1.27. The molecular formula is C11H23NO. The van der Waals surface area contributed by atoms with Gasteiger partial charge >= 0.3 is 0 Å². The lowest BCUT2D eigenvalue weighted by Crippen LogP contribution is -2.27. The highest BCUT2D eigenvalue weighted by atomic mass is 16.5. The Labute approximate surface area is 82.0 Å². The van der Waals surface area contributed by atoms with E-state index < -0.39 is 0 Å². The first-order valence-corrected chi connectivity index (χ1v) is 5.42. The Morgan fingerprint density at radius 1 is 1.23 bits per heavy atom. The van der Waals surface area contributed by atoms with Crippen LogP contribution < -0.4 is 5.32 Å². The van der Waals surface area contributed by atoms with E-state index in [0.29, 0.717) is 0 Å². The monoisotopic (exact) mass is 185 g/mol. The molecule has 0 spiro atoms. The molecule has 13 heavy (non-hydrogen) atoms. The van der Waals surface area contributed by atoms with E-state index in [1.54, 1.807) is 0 Å². The summed E-state index contributed by atoms with van der Waals surface area (Å²) in [5.41, 5.74) is 0.0121. The van der Waals surface area contributed by atoms with Gasteiger partial charge in [0.25, 0.3) is 0 Å². The lowest BCUT2D eigenvalue weighted by Gasteiger charge is -2.19. The van der Waals surface area contributed by atoms with E-state index in [-0.39, 0.29) is 5.60 Å². The van der Waals surface area contributed by atoms with Crippen LogP contribution in [0.2, 0.25) is 0 Å². The van der Waals surface area contributed by atoms with Gasteiger partial charge in [-0.1, -0.05) is 12.8 Å². The van der Waals surface area contributed by atoms with Crippen molar-refractivity contribution in [2.45, 2.75) is 45.6 Å². The number of nitrogens with one attached hydrogen (secondary N) is 1. The predicted octanol–water partition coefficient (Wildman–Crippen LogP) is 2.19. The Balaban J connectivity index is 1.78. The van der Waals surface area contributed by atoms with Gasteiger partial charge in [0, 0.05) is 6.54 Å². The van der Waals surface area contributed by atoms with E-state index in [0.717, 1.165) is 25.6 Å². The number of ether oxygens (including phenoxy) is 1. The summed E-state index contributed by atoms with van der Waals surface area (Å²) in [6, 6.07) is 0. The van der Waals surface area contributed by atoms with Crippen LogP contribution in [0.4, 0.5) is 0 Å². The molecule has 1 saturated carbocycles. The van der Waals surface area contributed by atoms with Crippen LogP contribution >= 0.6 is 0 Å². The summed E-state index contributed by atoms with van der Waals surface area (Å²) in [7, 11) is 0. The molecule has 0 saturated heterocycles. The largest absolute Gasteiger partial charge is 0.375 e. The fraction of sp³-hybridized carbons (Fsp3) is 1.00. The number of rotatable bonds is 6. The minimum atomic E-state index is 0.0121. The Kier molecular flexibility index (Phi) is 4.20. The van der Waals surface area contributed by atoms with Crippen LogP contribution in [0.5, 0.6) is 0 Å². The SMILES string of the molecule is CC(C)(C)OCCNCCC1CC1. The van der Waals surface area contributed by atoms with Crippen molar-refractivity contribution in [3.63, 3.8) is 0 Å². The lowest BCUT2D eigenvalue weighted by atomic mass is 10.2. The highest BCUT2D eigenvalue weighted by Gasteiger charge is 2.19. The van der Waals surface area contributed by atoms with E-state index in [1.165, 1.54) is 19.3 Å². The summed E-state index contributed by atoms with van der Waals surface area (Å²) >= 11 is 0. The Morgan fingerprint density at radius 3 is 2.46 bits per heavy atom. The van der Waals surface area contributed by atoms with Gasteiger partial charge in [-0.15, -0.1) is 0 Å². The van der Waals surface area contributed by atoms with E-state index in [4.69, 9.17) is 4.74 Å². The van der Waals surface area contributed by atoms with Gasteiger partial charge in [-0.3, -0.25) is 0 Å². The average molecular weight is 185 g/mol. The van der Waals surface area contributed by atoms with Gasteiger partial charge in [0.2, 0.25) is 0 Å². The summed E-state index contributed by atoms with van der Waals surface area (Å²) in [5, 5.41) is 3.40. The zero-order chi connectivity index (χ0) is 9.73. The van der Waals surface area contributed by atoms with E-state index in [1.807, 2.05) is 0 Å². The first-order valence-electron chi connectivity index (χ1n) is 5.42. The molecule has 1 N–H and O–H groups in total. The van der Waals surface area contributed by atoms with Crippen molar-refractivity contribution in [1.29, 1.82) is 0 Å². The first-order chi connectivity index (χ1) is 6.08. The van der Waals surface area contributed by atoms with Crippen LogP contribution in [-0.2, 0) is 4.74 Å². The second-order valence-corrected chi connectivity index (χ2v) is 4.94. The first kappa shape index (κ1) is 11.0. The molecule has 2 heteroatoms. The van der Waals surface area contributed by atoms with Gasteiger partial charge in [-0.05, 0) is 39.7 Å². The quantitative estimate of drug-likeness (QED) is 0.640. The zero-order valence-electron chi connectivity index (χ0n) is 9.23. The molecule has 0 aromatic heterocycles. The van der Waals surface area contributed by atoms with E-state index in [2.05, 4.69) is 26.1 Å². The third kappa shape index (κ3) is 7.03. The molecule has 2 nitrogen and oxygen atoms in total. The van der Waals surface area contributed by atoms with Crippen LogP contribution in [0.1, 0.15) is 40.0 Å². The highest BCUT2D eigenvalue weighted by Crippen LogP contribution is 2.31. The molecule has 1 fully saturated rings. The Bertz CT molecular complexity index is 136. The number of hydrogen-bond acceptors (Lipinski definition) is 2. The van der Waals surface area contributed by atoms with Crippen molar-refractivity contribution >= 4 is 0 Å². The highest BCUT2D eigenvalue weighted by molar-refractivity contribution is 4.73. The van der Waals surface area contributed by atoms with Crippen molar-refractivity contribution in [3.8, 4) is 0 Å². The normalized spacial score (nSPS) is 17.8. The standard InChI is InChI=1S/C11H23NO/c1-11(2,3)13-9-8-12-7-6-10-4-5-10/h10,12H,4-9H2,1-3H3. The third-order valence-electron chi connectivity index (χ3n) is 2.24. The van der Waals surface area contributed by atoms with Crippen LogP contribution in [-0.4, -0.2) is 25.3 Å². The van der Waals surface area contributed by atoms with Crippen LogP contribution in [0.25, 0.3) is 0 Å². The maximum Gasteiger partial charge on any atom is 0.0599 e. The Morgan fingerprint density at radius 2 is 1.92 bits per heavy atom. The summed E-state index contributed by atoms with van der Waals surface area (Å²) in [6.45, 7) is 9.27. The van der Waals surface area contributed by atoms with E-state index in [9.17, 15) is 0 Å². The van der Waals surface area contributed by atoms with Gasteiger partial charge in [0.05, 0.1) is 12.2 Å². The summed E-state index contributed by atoms with van der Waals surface area (Å²) in [4.78, 5) is 0. The molecule has 0 aromatic rings. The van der Waals surface area contributed by atoms with Crippen molar-refractivity contribution < 1.29 is 4.74 Å². The Hall–Kier alpha value is -0.0800. The average Bonchev–Trinajstić information content (AvgIpc) is 2.77. The molecule has 0 unspecified atom stereocenters. The molecule has 0 heterocycles. The minimum Gasteiger partial charge on any atom is -0.375 e. The van der Waals surface area contributed by atoms with Gasteiger partial charge in [0.1, 0.15) is 0 Å². The maximum atomic E-state index is 5.59. The fourth-order valence-corrected chi connectivity index (χ4v) is 1.27. The molecule has 0 amide bonds. The van der Waals surface area contributed by atoms with Crippen LogP contribution in [0.15, 0.2) is 0 Å². The molecule has 0 atom stereocenters. The topological polar surface area (TPSA) is 21.3 Å². The van der Waals surface area contributed by atoms with Gasteiger partial charge in [-0.2, -0.15) is 0 Å². The van der Waals surface area contributed by atoms with Crippen molar-refractivity contribution in [2.75, 3.05) is 19.7 Å². The molecular weight excluding hydrogens is 162 g/mol. The zero-order valence-corrected chi connectivity index (χ0v) is 9.23. The third-order valence-corrected chi connectivity index (χ3v) is 2.24. The van der Waals surface area contributed by atoms with E-state index >= 15 is 0 Å². The number of hydrogen-bond donors (Lipinski definition) is 1. The second kappa shape index (κ2) is 4.97. The second-order valence-electron chi connectivity index (χ2n) is 4.94. The molecule has 0 aliphatic heterocycles. The maximum absolute atomic E-state index is 5.59. The summed E-state index contributed by atoms with van der Waals surface area (Å²) in [6.07, 6.45) is 4.27. The molecule has 0 radical (unpaired) electrons. The molecule has 78 valence electrons. The van der Waals surface area contributed by atoms with Crippen molar-refractivity contribution in [3.05, 3.63) is 0 Å². The molecule has 1 aliphatic carbocycles. The van der Waals surface area contributed by atoms with Crippen LogP contribution in [0.3, 0.4) is 0 Å². The smallest absolute Gasteiger partial charge is 0.0599 e. The summed E-state index contributed by atoms with van der Waals surface area (Å²) < 4.78 is 5.59. The predicted molar refractivity (Wildman–Crippen MR) is 55.9 cm³/mol. The van der Waals surface area contributed by atoms with Crippen LogP contribution in [0, 0.1) is 5.92 Å². The van der Waals surface area contributed by atoms with Gasteiger partial charge < -0.3 is 10.1 Å². The molecule has 1 rings (SSSR count). The molecule has 0 bridgehead atoms. The van der Waals surface area contributed by atoms with Crippen molar-refractivity contribution in [1.82, 2.24) is 5.32 Å². The molecule has 1 aliphatic rings. The lowest BCUT2D eigenvalue weighted by molar-refractivity contribution is -0.000773. The summed E-state index contributed by atoms with van der Waals surface area (Å²) in [5.74, 6) is 1.04. The van der Waals surface area contributed by atoms with Gasteiger partial charge in [-0.25, -0.2) is 0 Å². The van der Waals surface area contributed by atoms with Gasteiger partial charge in [0.15, 0.2) is 0 Å². The minimum absolute atomic E-state index is 0.0121.